The summed E-state index contributed by atoms with van der Waals surface area (Å²) in [6.45, 7) is 0. The molecule has 2 N–H and O–H groups in total. The van der Waals surface area contributed by atoms with Gasteiger partial charge in [-0.25, -0.2) is 8.78 Å². The quantitative estimate of drug-likeness (QED) is 0.832. The molecule has 0 spiro atoms. The van der Waals surface area contributed by atoms with E-state index in [0.29, 0.717) is 14.7 Å². The van der Waals surface area contributed by atoms with Crippen LogP contribution in [0.1, 0.15) is 17.2 Å². The molecule has 0 aliphatic rings. The molecule has 0 radical (unpaired) electrons. The maximum Gasteiger partial charge on any atom is 0.170 e. The van der Waals surface area contributed by atoms with Gasteiger partial charge in [0.2, 0.25) is 0 Å². The molecule has 0 aromatic heterocycles. The number of benzene rings is 2. The minimum Gasteiger partial charge on any atom is -0.494 e. The Kier molecular flexibility index (Phi) is 4.36. The van der Waals surface area contributed by atoms with Crippen LogP contribution >= 0.6 is 22.6 Å². The Bertz CT molecular complexity index is 604. The van der Waals surface area contributed by atoms with Crippen molar-refractivity contribution < 1.29 is 13.5 Å². The number of methoxy groups -OCH3 is 1. The molecule has 0 fully saturated rings. The number of hydrogen-bond donors (Lipinski definition) is 1. The molecule has 19 heavy (non-hydrogen) atoms. The van der Waals surface area contributed by atoms with Crippen molar-refractivity contribution in [3.05, 3.63) is 62.7 Å². The van der Waals surface area contributed by atoms with Crippen LogP contribution in [0.4, 0.5) is 8.78 Å². The molecule has 0 aliphatic heterocycles. The van der Waals surface area contributed by atoms with Gasteiger partial charge in [0.1, 0.15) is 5.82 Å². The molecule has 0 bridgehead atoms. The lowest BCUT2D eigenvalue weighted by Gasteiger charge is -2.16. The van der Waals surface area contributed by atoms with Gasteiger partial charge in [0.05, 0.1) is 13.2 Å². The van der Waals surface area contributed by atoms with E-state index in [9.17, 15) is 8.78 Å². The van der Waals surface area contributed by atoms with Gasteiger partial charge in [0.15, 0.2) is 11.6 Å². The monoisotopic (exact) mass is 375 g/mol. The van der Waals surface area contributed by atoms with Gasteiger partial charge in [-0.1, -0.05) is 18.2 Å². The molecule has 5 heteroatoms. The first-order chi connectivity index (χ1) is 9.04. The largest absolute Gasteiger partial charge is 0.494 e. The standard InChI is InChI=1S/C14H12F2INO/c1-19-12-4-2-3-10(13(12)16)14(18)9-6-5-8(15)7-11(9)17/h2-7,14H,18H2,1H3. The van der Waals surface area contributed by atoms with E-state index >= 15 is 0 Å². The van der Waals surface area contributed by atoms with Crippen molar-refractivity contribution in [1.29, 1.82) is 0 Å². The molecular weight excluding hydrogens is 363 g/mol. The van der Waals surface area contributed by atoms with E-state index < -0.39 is 11.9 Å². The van der Waals surface area contributed by atoms with E-state index in [2.05, 4.69) is 0 Å². The van der Waals surface area contributed by atoms with Crippen LogP contribution in [0.5, 0.6) is 5.75 Å². The second kappa shape index (κ2) is 5.83. The lowest BCUT2D eigenvalue weighted by atomic mass is 9.99. The van der Waals surface area contributed by atoms with E-state index in [0.717, 1.165) is 0 Å². The van der Waals surface area contributed by atoms with Crippen LogP contribution in [-0.2, 0) is 0 Å². The third-order valence-corrected chi connectivity index (χ3v) is 3.78. The molecule has 2 aromatic carbocycles. The minimum absolute atomic E-state index is 0.144. The van der Waals surface area contributed by atoms with Crippen molar-refractivity contribution in [2.45, 2.75) is 6.04 Å². The summed E-state index contributed by atoms with van der Waals surface area (Å²) in [4.78, 5) is 0. The molecule has 2 rings (SSSR count). The first kappa shape index (κ1) is 14.2. The average Bonchev–Trinajstić information content (AvgIpc) is 2.38. The Morgan fingerprint density at radius 1 is 1.16 bits per heavy atom. The average molecular weight is 375 g/mol. The number of ether oxygens (including phenoxy) is 1. The molecule has 0 heterocycles. The highest BCUT2D eigenvalue weighted by molar-refractivity contribution is 14.1. The van der Waals surface area contributed by atoms with E-state index in [1.807, 2.05) is 22.6 Å². The zero-order chi connectivity index (χ0) is 14.0. The Morgan fingerprint density at radius 2 is 1.89 bits per heavy atom. The fraction of sp³-hybridized carbons (Fsp3) is 0.143. The summed E-state index contributed by atoms with van der Waals surface area (Å²) in [5.41, 5.74) is 7.07. The number of nitrogens with two attached hydrogens (primary N) is 1. The summed E-state index contributed by atoms with van der Waals surface area (Å²) in [7, 11) is 1.40. The molecule has 0 amide bonds. The van der Waals surface area contributed by atoms with Crippen LogP contribution in [0.2, 0.25) is 0 Å². The summed E-state index contributed by atoms with van der Waals surface area (Å²) in [5.74, 6) is -0.686. The second-order valence-electron chi connectivity index (χ2n) is 4.01. The first-order valence-corrected chi connectivity index (χ1v) is 6.65. The zero-order valence-corrected chi connectivity index (χ0v) is 12.3. The Morgan fingerprint density at radius 3 is 2.53 bits per heavy atom. The number of hydrogen-bond acceptors (Lipinski definition) is 2. The van der Waals surface area contributed by atoms with Gasteiger partial charge in [-0.2, -0.15) is 0 Å². The molecule has 0 saturated carbocycles. The van der Waals surface area contributed by atoms with Gasteiger partial charge in [0, 0.05) is 9.13 Å². The minimum atomic E-state index is -0.664. The maximum absolute atomic E-state index is 14.1. The van der Waals surface area contributed by atoms with Gasteiger partial charge in [-0.3, -0.25) is 0 Å². The molecule has 1 atom stereocenters. The highest BCUT2D eigenvalue weighted by Crippen LogP contribution is 2.30. The topological polar surface area (TPSA) is 35.2 Å². The highest BCUT2D eigenvalue weighted by Gasteiger charge is 2.18. The van der Waals surface area contributed by atoms with Crippen LogP contribution in [0.15, 0.2) is 36.4 Å². The van der Waals surface area contributed by atoms with Crippen LogP contribution < -0.4 is 10.5 Å². The van der Waals surface area contributed by atoms with E-state index in [-0.39, 0.29) is 11.6 Å². The molecule has 2 nitrogen and oxygen atoms in total. The second-order valence-corrected chi connectivity index (χ2v) is 5.17. The van der Waals surface area contributed by atoms with Gasteiger partial charge < -0.3 is 10.5 Å². The van der Waals surface area contributed by atoms with Gasteiger partial charge in [-0.05, 0) is 46.4 Å². The molecule has 2 aromatic rings. The van der Waals surface area contributed by atoms with E-state index in [4.69, 9.17) is 10.5 Å². The summed E-state index contributed by atoms with van der Waals surface area (Å²) in [6, 6.07) is 8.39. The van der Waals surface area contributed by atoms with Gasteiger partial charge >= 0.3 is 0 Å². The summed E-state index contributed by atoms with van der Waals surface area (Å²) < 4.78 is 32.8. The van der Waals surface area contributed by atoms with Crippen molar-refractivity contribution in [3.8, 4) is 5.75 Å². The fourth-order valence-electron chi connectivity index (χ4n) is 1.85. The third-order valence-electron chi connectivity index (χ3n) is 2.85. The van der Waals surface area contributed by atoms with Crippen molar-refractivity contribution in [3.63, 3.8) is 0 Å². The smallest absolute Gasteiger partial charge is 0.170 e. The van der Waals surface area contributed by atoms with Gasteiger partial charge in [0.25, 0.3) is 0 Å². The Labute approximate surface area is 123 Å². The third kappa shape index (κ3) is 2.87. The SMILES string of the molecule is COc1cccc(C(N)c2ccc(F)cc2I)c1F. The molecule has 0 aliphatic carbocycles. The molecule has 1 unspecified atom stereocenters. The summed E-state index contributed by atoms with van der Waals surface area (Å²) in [6.07, 6.45) is 0. The lowest BCUT2D eigenvalue weighted by Crippen LogP contribution is -2.15. The van der Waals surface area contributed by atoms with Crippen LogP contribution in [-0.4, -0.2) is 7.11 Å². The van der Waals surface area contributed by atoms with Crippen molar-refractivity contribution >= 4 is 22.6 Å². The summed E-state index contributed by atoms with van der Waals surface area (Å²) >= 11 is 1.98. The van der Waals surface area contributed by atoms with Crippen molar-refractivity contribution in [2.75, 3.05) is 7.11 Å². The molecular formula is C14H12F2INO. The predicted octanol–water partition coefficient (Wildman–Crippen LogP) is 3.63. The molecule has 0 saturated heterocycles. The van der Waals surface area contributed by atoms with Crippen LogP contribution in [0.25, 0.3) is 0 Å². The fourth-order valence-corrected chi connectivity index (χ4v) is 2.66. The molecule has 100 valence electrons. The predicted molar refractivity (Wildman–Crippen MR) is 78.1 cm³/mol. The number of halogens is 3. The van der Waals surface area contributed by atoms with Crippen molar-refractivity contribution in [1.82, 2.24) is 0 Å². The Hall–Kier alpha value is -1.21. The normalized spacial score (nSPS) is 12.3. The lowest BCUT2D eigenvalue weighted by molar-refractivity contribution is 0.383. The van der Waals surface area contributed by atoms with Crippen LogP contribution in [0.3, 0.4) is 0 Å². The Balaban J connectivity index is 2.47. The van der Waals surface area contributed by atoms with Crippen molar-refractivity contribution in [2.24, 2.45) is 5.73 Å². The zero-order valence-electron chi connectivity index (χ0n) is 10.2. The first-order valence-electron chi connectivity index (χ1n) is 5.57. The van der Waals surface area contributed by atoms with Gasteiger partial charge in [-0.15, -0.1) is 0 Å². The van der Waals surface area contributed by atoms with E-state index in [1.54, 1.807) is 18.2 Å². The van der Waals surface area contributed by atoms with E-state index in [1.165, 1.54) is 25.3 Å². The summed E-state index contributed by atoms with van der Waals surface area (Å²) in [5, 5.41) is 0. The number of rotatable bonds is 3. The van der Waals surface area contributed by atoms with Crippen LogP contribution in [0, 0.1) is 15.2 Å². The highest BCUT2D eigenvalue weighted by atomic mass is 127. The maximum atomic E-state index is 14.1.